The largest absolute Gasteiger partial charge is 0.147 e. The van der Waals surface area contributed by atoms with E-state index in [1.165, 1.54) is 10.9 Å². The second-order valence-corrected chi connectivity index (χ2v) is 7.20. The molecule has 0 spiro atoms. The third kappa shape index (κ3) is 7.86. The molecule has 3 nitrogen and oxygen atoms in total. The van der Waals surface area contributed by atoms with Crippen molar-refractivity contribution in [2.75, 3.05) is 0 Å². The van der Waals surface area contributed by atoms with Crippen LogP contribution in [0.25, 0.3) is 0 Å². The molecule has 0 aliphatic carbocycles. The van der Waals surface area contributed by atoms with E-state index in [0.29, 0.717) is 6.54 Å². The maximum absolute atomic E-state index is 5.88. The number of amidine groups is 1. The van der Waals surface area contributed by atoms with Crippen molar-refractivity contribution in [1.29, 1.82) is 0 Å². The fourth-order valence-corrected chi connectivity index (χ4v) is 3.22. The number of rotatable bonds is 5. The van der Waals surface area contributed by atoms with Gasteiger partial charge in [0.2, 0.25) is 0 Å². The number of halogens is 2. The summed E-state index contributed by atoms with van der Waals surface area (Å²) in [5, 5.41) is 0. The van der Waals surface area contributed by atoms with Crippen molar-refractivity contribution in [2.45, 2.75) is 24.3 Å². The quantitative estimate of drug-likeness (QED) is 0.467. The van der Waals surface area contributed by atoms with E-state index in [4.69, 9.17) is 11.5 Å². The van der Waals surface area contributed by atoms with Gasteiger partial charge < -0.3 is 0 Å². The van der Waals surface area contributed by atoms with Gasteiger partial charge in [0.1, 0.15) is 0 Å². The van der Waals surface area contributed by atoms with E-state index in [1.807, 2.05) is 24.3 Å². The van der Waals surface area contributed by atoms with Gasteiger partial charge in [0.05, 0.1) is 0 Å². The second-order valence-electron chi connectivity index (χ2n) is 3.30. The SMILES string of the molecule is CC[CH2][Sn][C](N)=Nc1cccc(CN)c1.Cl.Cl. The summed E-state index contributed by atoms with van der Waals surface area (Å²) in [6, 6.07) is 7.94. The molecule has 6 heteroatoms. The van der Waals surface area contributed by atoms with Crippen LogP contribution >= 0.6 is 24.8 Å². The molecule has 17 heavy (non-hydrogen) atoms. The Labute approximate surface area is 125 Å². The Morgan fingerprint density at radius 1 is 1.35 bits per heavy atom. The summed E-state index contributed by atoms with van der Waals surface area (Å²) >= 11 is -0.598. The first kappa shape index (κ1) is 19.4. The molecule has 0 atom stereocenters. The Balaban J connectivity index is 0. The Bertz CT molecular complexity index is 345. The van der Waals surface area contributed by atoms with Gasteiger partial charge in [0.25, 0.3) is 0 Å². The van der Waals surface area contributed by atoms with Crippen LogP contribution in [0, 0.1) is 0 Å². The summed E-state index contributed by atoms with van der Waals surface area (Å²) in [5.74, 6) is 0. The molecule has 0 heterocycles. The molecule has 0 unspecified atom stereocenters. The Morgan fingerprint density at radius 3 is 2.65 bits per heavy atom. The van der Waals surface area contributed by atoms with Gasteiger partial charge in [-0.2, -0.15) is 0 Å². The van der Waals surface area contributed by atoms with Crippen LogP contribution in [0.3, 0.4) is 0 Å². The number of nitrogens with two attached hydrogens (primary N) is 2. The maximum atomic E-state index is 5.88. The minimum absolute atomic E-state index is 0. The molecule has 0 bridgehead atoms. The molecule has 96 valence electrons. The fourth-order valence-electron chi connectivity index (χ4n) is 1.18. The van der Waals surface area contributed by atoms with Crippen molar-refractivity contribution in [1.82, 2.24) is 0 Å². The number of aliphatic imine (C=N–C) groups is 1. The topological polar surface area (TPSA) is 64.4 Å². The van der Waals surface area contributed by atoms with Crippen molar-refractivity contribution in [3.63, 3.8) is 0 Å². The van der Waals surface area contributed by atoms with E-state index in [0.717, 1.165) is 15.1 Å². The Morgan fingerprint density at radius 2 is 2.06 bits per heavy atom. The minimum Gasteiger partial charge on any atom is -0.147 e. The van der Waals surface area contributed by atoms with Gasteiger partial charge in [0.15, 0.2) is 0 Å². The number of nitrogens with zero attached hydrogens (tertiary/aromatic N) is 1. The first-order valence-electron chi connectivity index (χ1n) is 5.13. The fraction of sp³-hybridized carbons (Fsp3) is 0.364. The minimum atomic E-state index is -0.598. The smallest absolute Gasteiger partial charge is 0.147 e. The van der Waals surface area contributed by atoms with Crippen LogP contribution in [0.4, 0.5) is 5.69 Å². The zero-order valence-electron chi connectivity index (χ0n) is 9.85. The second kappa shape index (κ2) is 11.1. The first-order valence-corrected chi connectivity index (χ1v) is 8.57. The molecule has 0 saturated carbocycles. The van der Waals surface area contributed by atoms with Gasteiger partial charge >= 0.3 is 101 Å². The molecular weight excluding hydrogens is 364 g/mol. The Kier molecular flexibility index (Phi) is 12.7. The van der Waals surface area contributed by atoms with E-state index in [1.54, 1.807) is 0 Å². The van der Waals surface area contributed by atoms with E-state index in [9.17, 15) is 0 Å². The predicted octanol–water partition coefficient (Wildman–Crippen LogP) is 2.47. The first-order chi connectivity index (χ1) is 7.26. The van der Waals surface area contributed by atoms with Crippen LogP contribution in [-0.2, 0) is 6.54 Å². The molecule has 0 fully saturated rings. The van der Waals surface area contributed by atoms with Gasteiger partial charge in [-0.1, -0.05) is 0 Å². The van der Waals surface area contributed by atoms with E-state index < -0.39 is 21.1 Å². The van der Waals surface area contributed by atoms with Crippen LogP contribution in [0.1, 0.15) is 18.9 Å². The number of hydrogen-bond donors (Lipinski definition) is 2. The summed E-state index contributed by atoms with van der Waals surface area (Å²) in [6.45, 7) is 2.74. The Hall–Kier alpha value is 0.0287. The third-order valence-electron chi connectivity index (χ3n) is 1.95. The van der Waals surface area contributed by atoms with E-state index >= 15 is 0 Å². The van der Waals surface area contributed by atoms with Crippen LogP contribution < -0.4 is 11.5 Å². The molecule has 0 aromatic heterocycles. The zero-order chi connectivity index (χ0) is 11.1. The van der Waals surface area contributed by atoms with Gasteiger partial charge in [-0.3, -0.25) is 0 Å². The van der Waals surface area contributed by atoms with Crippen LogP contribution in [0.5, 0.6) is 0 Å². The number of benzene rings is 1. The molecule has 0 amide bonds. The molecule has 0 saturated heterocycles. The van der Waals surface area contributed by atoms with E-state index in [2.05, 4.69) is 11.9 Å². The van der Waals surface area contributed by atoms with Gasteiger partial charge in [-0.25, -0.2) is 0 Å². The van der Waals surface area contributed by atoms with Gasteiger partial charge in [-0.15, -0.1) is 24.8 Å². The standard InChI is InChI=1S/C8H10N3.C3H7.2ClH.Sn/c9-5-7-2-1-3-8(4-7)11-6-10;1-3-2;;;/h1-4H,5,9H2,(H2,10,11);1,3H2,2H3;2*1H;. The van der Waals surface area contributed by atoms with Crippen molar-refractivity contribution in [3.8, 4) is 0 Å². The van der Waals surface area contributed by atoms with Crippen LogP contribution in [0.15, 0.2) is 29.3 Å². The number of hydrogen-bond acceptors (Lipinski definition) is 2. The van der Waals surface area contributed by atoms with Crippen molar-refractivity contribution in [3.05, 3.63) is 29.8 Å². The van der Waals surface area contributed by atoms with E-state index in [-0.39, 0.29) is 24.8 Å². The average Bonchev–Trinajstić information content (AvgIpc) is 2.26. The molecule has 1 rings (SSSR count). The van der Waals surface area contributed by atoms with Crippen molar-refractivity contribution < 1.29 is 0 Å². The average molecular weight is 383 g/mol. The summed E-state index contributed by atoms with van der Waals surface area (Å²) in [6.07, 6.45) is 1.21. The van der Waals surface area contributed by atoms with Crippen molar-refractivity contribution in [2.24, 2.45) is 16.5 Å². The monoisotopic (exact) mass is 383 g/mol. The predicted molar refractivity (Wildman–Crippen MR) is 81.0 cm³/mol. The molecule has 2 radical (unpaired) electrons. The summed E-state index contributed by atoms with van der Waals surface area (Å²) < 4.78 is 2.13. The zero-order valence-corrected chi connectivity index (χ0v) is 14.3. The summed E-state index contributed by atoms with van der Waals surface area (Å²) in [5.41, 5.74) is 13.5. The molecule has 0 aliphatic heterocycles. The van der Waals surface area contributed by atoms with Gasteiger partial charge in [-0.05, 0) is 0 Å². The molecule has 1 aromatic rings. The van der Waals surface area contributed by atoms with Gasteiger partial charge in [0, 0.05) is 0 Å². The molecule has 1 aromatic carbocycles. The third-order valence-corrected chi connectivity index (χ3v) is 5.45. The molecule has 0 aliphatic rings. The van der Waals surface area contributed by atoms with Crippen LogP contribution in [-0.4, -0.2) is 25.0 Å². The molecular formula is C11H19Cl2N3Sn. The maximum Gasteiger partial charge on any atom is -0.147 e. The summed E-state index contributed by atoms with van der Waals surface area (Å²) in [4.78, 5) is 4.42. The molecule has 4 N–H and O–H groups in total. The summed E-state index contributed by atoms with van der Waals surface area (Å²) in [7, 11) is 0. The normalized spacial score (nSPS) is 10.4. The van der Waals surface area contributed by atoms with Crippen molar-refractivity contribution >= 4 is 55.5 Å². The van der Waals surface area contributed by atoms with Crippen LogP contribution in [0.2, 0.25) is 4.44 Å².